The zero-order valence-corrected chi connectivity index (χ0v) is 12.5. The van der Waals surface area contributed by atoms with E-state index in [1.165, 1.54) is 22.3 Å². The van der Waals surface area contributed by atoms with Crippen molar-refractivity contribution in [2.24, 2.45) is 0 Å². The van der Waals surface area contributed by atoms with Crippen molar-refractivity contribution >= 4 is 38.9 Å². The maximum absolute atomic E-state index is 14.1. The predicted octanol–water partition coefficient (Wildman–Crippen LogP) is 3.56. The molecule has 2 aromatic rings. The van der Waals surface area contributed by atoms with Crippen LogP contribution in [0.25, 0.3) is 0 Å². The molecule has 3 rings (SSSR count). The van der Waals surface area contributed by atoms with E-state index >= 15 is 0 Å². The number of hydrogen-bond donors (Lipinski definition) is 0. The average Bonchev–Trinajstić information content (AvgIpc) is 2.94. The van der Waals surface area contributed by atoms with E-state index in [-0.39, 0.29) is 11.7 Å². The number of nitrogens with zero attached hydrogens (tertiary/aromatic N) is 2. The number of amides is 1. The summed E-state index contributed by atoms with van der Waals surface area (Å²) in [5, 5.41) is 0. The smallest absolute Gasteiger partial charge is 0.270 e. The number of benzene rings is 1. The van der Waals surface area contributed by atoms with Crippen LogP contribution < -0.4 is 4.90 Å². The summed E-state index contributed by atoms with van der Waals surface area (Å²) in [5.74, 6) is -0.530. The number of anilines is 1. The lowest BCUT2D eigenvalue weighted by molar-refractivity contribution is 0.0991. The minimum atomic E-state index is -0.364. The first kappa shape index (κ1) is 12.7. The number of carbonyl (C=O) groups excluding carboxylic acids is 1. The minimum absolute atomic E-state index is 0.167. The van der Waals surface area contributed by atoms with Gasteiger partial charge in [0.15, 0.2) is 0 Å². The lowest BCUT2D eigenvalue weighted by atomic mass is 10.1. The molecule has 0 spiro atoms. The van der Waals surface area contributed by atoms with Crippen LogP contribution in [0, 0.1) is 12.7 Å². The Morgan fingerprint density at radius 1 is 1.53 bits per heavy atom. The Morgan fingerprint density at radius 3 is 3.00 bits per heavy atom. The molecule has 1 aromatic heterocycles. The van der Waals surface area contributed by atoms with E-state index in [9.17, 15) is 9.18 Å². The normalized spacial score (nSPS) is 13.7. The van der Waals surface area contributed by atoms with Gasteiger partial charge in [-0.25, -0.2) is 9.37 Å². The maximum atomic E-state index is 14.1. The number of thiazole rings is 1. The highest BCUT2D eigenvalue weighted by Gasteiger charge is 2.30. The molecule has 1 aliphatic rings. The first-order valence-corrected chi connectivity index (χ1v) is 7.45. The first-order valence-electron chi connectivity index (χ1n) is 5.78. The summed E-state index contributed by atoms with van der Waals surface area (Å²) in [6.45, 7) is 2.30. The van der Waals surface area contributed by atoms with E-state index < -0.39 is 0 Å². The molecule has 6 heteroatoms. The summed E-state index contributed by atoms with van der Waals surface area (Å²) >= 11 is 4.57. The molecule has 2 heterocycles. The van der Waals surface area contributed by atoms with Gasteiger partial charge in [0.2, 0.25) is 0 Å². The van der Waals surface area contributed by atoms with Crippen molar-refractivity contribution < 1.29 is 9.18 Å². The van der Waals surface area contributed by atoms with E-state index in [0.717, 1.165) is 5.56 Å². The highest BCUT2D eigenvalue weighted by Crippen LogP contribution is 2.35. The van der Waals surface area contributed by atoms with Gasteiger partial charge in [0.25, 0.3) is 5.91 Å². The van der Waals surface area contributed by atoms with E-state index in [1.54, 1.807) is 12.4 Å². The molecule has 0 aliphatic carbocycles. The van der Waals surface area contributed by atoms with Crippen molar-refractivity contribution in [2.75, 3.05) is 11.4 Å². The Balaban J connectivity index is 2.04. The van der Waals surface area contributed by atoms with E-state index in [4.69, 9.17) is 0 Å². The zero-order chi connectivity index (χ0) is 13.6. The summed E-state index contributed by atoms with van der Waals surface area (Å²) in [6, 6.07) is 3.26. The third-order valence-corrected chi connectivity index (χ3v) is 4.54. The number of rotatable bonds is 1. The van der Waals surface area contributed by atoms with Crippen molar-refractivity contribution in [3.63, 3.8) is 0 Å². The second-order valence-corrected chi connectivity index (χ2v) is 6.14. The second-order valence-electron chi connectivity index (χ2n) is 4.37. The quantitative estimate of drug-likeness (QED) is 0.795. The van der Waals surface area contributed by atoms with Crippen molar-refractivity contribution in [1.29, 1.82) is 0 Å². The van der Waals surface area contributed by atoms with Crippen LogP contribution in [0.2, 0.25) is 0 Å². The van der Waals surface area contributed by atoms with Gasteiger partial charge in [-0.2, -0.15) is 0 Å². The fourth-order valence-corrected chi connectivity index (χ4v) is 3.52. The van der Waals surface area contributed by atoms with Crippen molar-refractivity contribution in [3.8, 4) is 0 Å². The second kappa shape index (κ2) is 4.68. The van der Waals surface area contributed by atoms with Gasteiger partial charge in [-0.3, -0.25) is 4.79 Å². The molecule has 1 aliphatic heterocycles. The van der Waals surface area contributed by atoms with Crippen molar-refractivity contribution in [1.82, 2.24) is 4.98 Å². The summed E-state index contributed by atoms with van der Waals surface area (Å²) in [6.07, 6.45) is 0.676. The summed E-state index contributed by atoms with van der Waals surface area (Å²) in [4.78, 5) is 18.6. The molecule has 1 amide bonds. The number of aromatic nitrogens is 1. The fraction of sp³-hybridized carbons (Fsp3) is 0.231. The molecule has 0 atom stereocenters. The molecule has 3 nitrogen and oxygen atoms in total. The predicted molar refractivity (Wildman–Crippen MR) is 76.3 cm³/mol. The van der Waals surface area contributed by atoms with Crippen LogP contribution in [0.1, 0.15) is 20.9 Å². The lowest BCUT2D eigenvalue weighted by Gasteiger charge is -2.17. The first-order chi connectivity index (χ1) is 9.08. The molecule has 1 aromatic carbocycles. The Kier molecular flexibility index (Phi) is 3.14. The Hall–Kier alpha value is -1.27. The molecular formula is C13H10BrFN2OS. The van der Waals surface area contributed by atoms with Crippen molar-refractivity contribution in [3.05, 3.63) is 44.1 Å². The van der Waals surface area contributed by atoms with Gasteiger partial charge in [-0.15, -0.1) is 11.3 Å². The SMILES string of the molecule is Cc1ncsc1C(=O)N1CCc2cc(Br)cc(F)c21. The van der Waals surface area contributed by atoms with Gasteiger partial charge < -0.3 is 4.90 Å². The Morgan fingerprint density at radius 2 is 2.32 bits per heavy atom. The monoisotopic (exact) mass is 340 g/mol. The number of hydrogen-bond acceptors (Lipinski definition) is 3. The van der Waals surface area contributed by atoms with Crippen LogP contribution in [0.3, 0.4) is 0 Å². The number of halogens is 2. The van der Waals surface area contributed by atoms with Crippen LogP contribution in [-0.2, 0) is 6.42 Å². The Labute approximate surface area is 122 Å². The van der Waals surface area contributed by atoms with Gasteiger partial charge in [-0.1, -0.05) is 15.9 Å². The van der Waals surface area contributed by atoms with Gasteiger partial charge in [0.05, 0.1) is 16.9 Å². The highest BCUT2D eigenvalue weighted by atomic mass is 79.9. The molecular weight excluding hydrogens is 331 g/mol. The molecule has 98 valence electrons. The fourth-order valence-electron chi connectivity index (χ4n) is 2.29. The summed E-state index contributed by atoms with van der Waals surface area (Å²) in [7, 11) is 0. The van der Waals surface area contributed by atoms with Crippen LogP contribution in [0.15, 0.2) is 22.1 Å². The molecule has 0 saturated heterocycles. The largest absolute Gasteiger partial charge is 0.304 e. The third-order valence-electron chi connectivity index (χ3n) is 3.17. The molecule has 0 N–H and O–H groups in total. The van der Waals surface area contributed by atoms with Crippen LogP contribution in [0.5, 0.6) is 0 Å². The van der Waals surface area contributed by atoms with Crippen molar-refractivity contribution in [2.45, 2.75) is 13.3 Å². The van der Waals surface area contributed by atoms with E-state index in [2.05, 4.69) is 20.9 Å². The number of carbonyl (C=O) groups is 1. The molecule has 0 unspecified atom stereocenters. The molecule has 0 bridgehead atoms. The van der Waals surface area contributed by atoms with Crippen LogP contribution >= 0.6 is 27.3 Å². The van der Waals surface area contributed by atoms with Gasteiger partial charge >= 0.3 is 0 Å². The molecule has 19 heavy (non-hydrogen) atoms. The third kappa shape index (κ3) is 2.08. The summed E-state index contributed by atoms with van der Waals surface area (Å²) in [5.41, 5.74) is 3.60. The maximum Gasteiger partial charge on any atom is 0.270 e. The Bertz CT molecular complexity index is 671. The number of aryl methyl sites for hydroxylation is 1. The van der Waals surface area contributed by atoms with Gasteiger partial charge in [0.1, 0.15) is 10.7 Å². The van der Waals surface area contributed by atoms with Crippen LogP contribution in [-0.4, -0.2) is 17.4 Å². The number of fused-ring (bicyclic) bond motifs is 1. The topological polar surface area (TPSA) is 33.2 Å². The van der Waals surface area contributed by atoms with Crippen LogP contribution in [0.4, 0.5) is 10.1 Å². The molecule has 0 fully saturated rings. The zero-order valence-electron chi connectivity index (χ0n) is 10.1. The lowest BCUT2D eigenvalue weighted by Crippen LogP contribution is -2.29. The molecule has 0 saturated carbocycles. The van der Waals surface area contributed by atoms with E-state index in [0.29, 0.717) is 33.7 Å². The standard InChI is InChI=1S/C13H10BrFN2OS/c1-7-12(19-6-16-7)13(18)17-3-2-8-4-9(14)5-10(15)11(8)17/h4-6H,2-3H2,1H3. The summed E-state index contributed by atoms with van der Waals surface area (Å²) < 4.78 is 14.8. The van der Waals surface area contributed by atoms with E-state index in [1.807, 2.05) is 6.07 Å². The van der Waals surface area contributed by atoms with Gasteiger partial charge in [-0.05, 0) is 31.0 Å². The highest BCUT2D eigenvalue weighted by molar-refractivity contribution is 9.10. The van der Waals surface area contributed by atoms with Gasteiger partial charge in [0, 0.05) is 11.0 Å². The minimum Gasteiger partial charge on any atom is -0.304 e. The average molecular weight is 341 g/mol. The molecule has 0 radical (unpaired) electrons.